The monoisotopic (exact) mass is 256 g/mol. The van der Waals surface area contributed by atoms with Crippen molar-refractivity contribution < 1.29 is 9.53 Å². The predicted octanol–water partition coefficient (Wildman–Crippen LogP) is 1.65. The zero-order valence-corrected chi connectivity index (χ0v) is 12.3. The van der Waals surface area contributed by atoms with Crippen LogP contribution in [0, 0.1) is 5.92 Å². The van der Waals surface area contributed by atoms with Crippen molar-refractivity contribution in [3.8, 4) is 0 Å². The largest absolute Gasteiger partial charge is 0.465 e. The normalized spacial score (nSPS) is 18.7. The second kappa shape index (κ2) is 7.10. The fourth-order valence-corrected chi connectivity index (χ4v) is 2.67. The van der Waals surface area contributed by atoms with Crippen LogP contribution >= 0.6 is 0 Å². The van der Waals surface area contributed by atoms with E-state index in [0.717, 1.165) is 38.9 Å². The van der Waals surface area contributed by atoms with E-state index in [1.165, 1.54) is 0 Å². The lowest BCUT2D eigenvalue weighted by molar-refractivity contribution is -0.153. The second-order valence-electron chi connectivity index (χ2n) is 5.23. The van der Waals surface area contributed by atoms with Gasteiger partial charge in [0.25, 0.3) is 0 Å². The number of hydrogen-bond donors (Lipinski definition) is 1. The van der Waals surface area contributed by atoms with E-state index in [0.29, 0.717) is 12.5 Å². The summed E-state index contributed by atoms with van der Waals surface area (Å²) in [5, 5.41) is 3.42. The molecule has 1 N–H and O–H groups in total. The Morgan fingerprint density at radius 3 is 2.50 bits per heavy atom. The molecule has 0 radical (unpaired) electrons. The van der Waals surface area contributed by atoms with Crippen LogP contribution in [-0.4, -0.2) is 49.7 Å². The molecule has 0 bridgehead atoms. The number of hydrogen-bond acceptors (Lipinski definition) is 4. The summed E-state index contributed by atoms with van der Waals surface area (Å²) in [6.45, 7) is 9.10. The Labute approximate surface area is 111 Å². The van der Waals surface area contributed by atoms with Gasteiger partial charge in [0.15, 0.2) is 0 Å². The van der Waals surface area contributed by atoms with Crippen molar-refractivity contribution in [2.24, 2.45) is 5.92 Å². The van der Waals surface area contributed by atoms with E-state index in [9.17, 15) is 4.79 Å². The van der Waals surface area contributed by atoms with Crippen molar-refractivity contribution in [3.63, 3.8) is 0 Å². The number of likely N-dealkylation sites (N-methyl/N-ethyl adjacent to an activating group) is 2. The highest BCUT2D eigenvalue weighted by Crippen LogP contribution is 2.41. The highest BCUT2D eigenvalue weighted by atomic mass is 16.5. The van der Waals surface area contributed by atoms with Gasteiger partial charge in [-0.2, -0.15) is 0 Å². The van der Waals surface area contributed by atoms with Gasteiger partial charge < -0.3 is 15.0 Å². The van der Waals surface area contributed by atoms with Crippen molar-refractivity contribution in [1.29, 1.82) is 0 Å². The molecule has 0 aromatic heterocycles. The molecule has 4 nitrogen and oxygen atoms in total. The van der Waals surface area contributed by atoms with Crippen molar-refractivity contribution in [2.75, 3.05) is 33.3 Å². The Morgan fingerprint density at radius 1 is 1.39 bits per heavy atom. The van der Waals surface area contributed by atoms with Crippen molar-refractivity contribution >= 4 is 5.97 Å². The first-order chi connectivity index (χ1) is 8.60. The second-order valence-corrected chi connectivity index (χ2v) is 5.23. The lowest BCUT2D eigenvalue weighted by Crippen LogP contribution is -2.61. The molecule has 1 unspecified atom stereocenters. The zero-order valence-electron chi connectivity index (χ0n) is 12.3. The summed E-state index contributed by atoms with van der Waals surface area (Å²) in [5.41, 5.74) is -0.491. The Morgan fingerprint density at radius 2 is 2.06 bits per heavy atom. The summed E-state index contributed by atoms with van der Waals surface area (Å²) < 4.78 is 5.31. The molecule has 0 spiro atoms. The van der Waals surface area contributed by atoms with E-state index in [1.54, 1.807) is 0 Å². The highest BCUT2D eigenvalue weighted by Gasteiger charge is 2.51. The van der Waals surface area contributed by atoms with E-state index >= 15 is 0 Å². The van der Waals surface area contributed by atoms with Crippen LogP contribution in [0.25, 0.3) is 0 Å². The van der Waals surface area contributed by atoms with E-state index in [2.05, 4.69) is 31.1 Å². The van der Waals surface area contributed by atoms with Crippen LogP contribution in [0.2, 0.25) is 0 Å². The van der Waals surface area contributed by atoms with Crippen LogP contribution in [-0.2, 0) is 9.53 Å². The molecule has 0 amide bonds. The topological polar surface area (TPSA) is 41.6 Å². The average Bonchev–Trinajstić information content (AvgIpc) is 3.13. The third-order valence-corrected chi connectivity index (χ3v) is 3.53. The predicted molar refractivity (Wildman–Crippen MR) is 73.6 cm³/mol. The van der Waals surface area contributed by atoms with E-state index < -0.39 is 5.54 Å². The minimum Gasteiger partial charge on any atom is -0.465 e. The molecule has 106 valence electrons. The van der Waals surface area contributed by atoms with Crippen LogP contribution in [0.3, 0.4) is 0 Å². The van der Waals surface area contributed by atoms with Crippen LogP contribution in [0.1, 0.15) is 40.0 Å². The highest BCUT2D eigenvalue weighted by molar-refractivity contribution is 5.82. The standard InChI is InChI=1S/C14H28N2O2/c1-5-10-16(4)11-14(15-6-2,12-8-9-12)13(17)18-7-3/h12,15H,5-11H2,1-4H3. The van der Waals surface area contributed by atoms with Gasteiger partial charge in [0.1, 0.15) is 5.54 Å². The maximum atomic E-state index is 12.4. The molecule has 0 saturated heterocycles. The molecule has 0 aromatic rings. The quantitative estimate of drug-likeness (QED) is 0.637. The number of esters is 1. The number of ether oxygens (including phenoxy) is 1. The smallest absolute Gasteiger partial charge is 0.327 e. The van der Waals surface area contributed by atoms with E-state index in [4.69, 9.17) is 4.74 Å². The van der Waals surface area contributed by atoms with Crippen LogP contribution in [0.15, 0.2) is 0 Å². The Balaban J connectivity index is 2.79. The molecule has 1 rings (SSSR count). The average molecular weight is 256 g/mol. The molecule has 1 aliphatic carbocycles. The molecule has 0 aromatic carbocycles. The number of carbonyl (C=O) groups excluding carboxylic acids is 1. The summed E-state index contributed by atoms with van der Waals surface area (Å²) in [7, 11) is 2.08. The van der Waals surface area contributed by atoms with Gasteiger partial charge in [-0.05, 0) is 52.2 Å². The van der Waals surface area contributed by atoms with Gasteiger partial charge in [-0.1, -0.05) is 13.8 Å². The van der Waals surface area contributed by atoms with Gasteiger partial charge in [0.05, 0.1) is 6.61 Å². The maximum Gasteiger partial charge on any atom is 0.327 e. The Bertz CT molecular complexity index is 267. The minimum atomic E-state index is -0.491. The maximum absolute atomic E-state index is 12.4. The molecule has 1 saturated carbocycles. The fourth-order valence-electron chi connectivity index (χ4n) is 2.67. The minimum absolute atomic E-state index is 0.0719. The molecule has 1 aliphatic rings. The van der Waals surface area contributed by atoms with Gasteiger partial charge in [0.2, 0.25) is 0 Å². The van der Waals surface area contributed by atoms with Gasteiger partial charge in [-0.15, -0.1) is 0 Å². The van der Waals surface area contributed by atoms with Crippen molar-refractivity contribution in [2.45, 2.75) is 45.6 Å². The summed E-state index contributed by atoms with van der Waals surface area (Å²) in [6, 6.07) is 0. The van der Waals surface area contributed by atoms with Crippen LogP contribution in [0.5, 0.6) is 0 Å². The molecule has 1 atom stereocenters. The Hall–Kier alpha value is -0.610. The molecule has 0 aliphatic heterocycles. The summed E-state index contributed by atoms with van der Waals surface area (Å²) >= 11 is 0. The Kier molecular flexibility index (Phi) is 6.09. The number of rotatable bonds is 9. The van der Waals surface area contributed by atoms with Gasteiger partial charge >= 0.3 is 5.97 Å². The molecule has 0 heterocycles. The van der Waals surface area contributed by atoms with Crippen LogP contribution < -0.4 is 5.32 Å². The van der Waals surface area contributed by atoms with E-state index in [-0.39, 0.29) is 5.97 Å². The van der Waals surface area contributed by atoms with Gasteiger partial charge in [-0.3, -0.25) is 0 Å². The summed E-state index contributed by atoms with van der Waals surface area (Å²) in [6.07, 6.45) is 3.36. The number of nitrogens with zero attached hydrogens (tertiary/aromatic N) is 1. The first-order valence-corrected chi connectivity index (χ1v) is 7.21. The lowest BCUT2D eigenvalue weighted by atomic mass is 9.92. The van der Waals surface area contributed by atoms with Gasteiger partial charge in [0, 0.05) is 6.54 Å². The molecular formula is C14H28N2O2. The lowest BCUT2D eigenvalue weighted by Gasteiger charge is -2.36. The first kappa shape index (κ1) is 15.4. The summed E-state index contributed by atoms with van der Waals surface area (Å²) in [4.78, 5) is 14.6. The first-order valence-electron chi connectivity index (χ1n) is 7.21. The van der Waals surface area contributed by atoms with E-state index in [1.807, 2.05) is 6.92 Å². The molecule has 1 fully saturated rings. The molecule has 4 heteroatoms. The van der Waals surface area contributed by atoms with Crippen LogP contribution in [0.4, 0.5) is 0 Å². The zero-order chi connectivity index (χ0) is 13.6. The molecular weight excluding hydrogens is 228 g/mol. The third-order valence-electron chi connectivity index (χ3n) is 3.53. The number of carbonyl (C=O) groups is 1. The summed E-state index contributed by atoms with van der Waals surface area (Å²) in [5.74, 6) is 0.369. The third kappa shape index (κ3) is 3.69. The van der Waals surface area contributed by atoms with Crippen molar-refractivity contribution in [3.05, 3.63) is 0 Å². The SMILES string of the molecule is CCCN(C)CC(NCC)(C(=O)OCC)C1CC1. The molecule has 18 heavy (non-hydrogen) atoms. The number of nitrogens with one attached hydrogen (secondary N) is 1. The van der Waals surface area contributed by atoms with Crippen molar-refractivity contribution in [1.82, 2.24) is 10.2 Å². The van der Waals surface area contributed by atoms with Gasteiger partial charge in [-0.25, -0.2) is 4.79 Å². The fraction of sp³-hybridized carbons (Fsp3) is 0.929.